The van der Waals surface area contributed by atoms with E-state index in [4.69, 9.17) is 28.4 Å². The van der Waals surface area contributed by atoms with E-state index in [0.29, 0.717) is 11.1 Å². The zero-order chi connectivity index (χ0) is 43.6. The van der Waals surface area contributed by atoms with Gasteiger partial charge in [-0.05, 0) is 69.5 Å². The normalized spacial score (nSPS) is 14.5. The summed E-state index contributed by atoms with van der Waals surface area (Å²) in [5.41, 5.74) is -0.923. The highest BCUT2D eigenvalue weighted by molar-refractivity contribution is 6.04. The van der Waals surface area contributed by atoms with Crippen LogP contribution >= 0.6 is 0 Å². The van der Waals surface area contributed by atoms with Gasteiger partial charge in [-0.1, -0.05) is 6.07 Å². The number of fused-ring (bicyclic) bond motifs is 1. The van der Waals surface area contributed by atoms with E-state index in [1.54, 1.807) is 62.3 Å². The van der Waals surface area contributed by atoms with Crippen molar-refractivity contribution in [2.75, 3.05) is 60.0 Å². The van der Waals surface area contributed by atoms with Crippen molar-refractivity contribution >= 4 is 17.8 Å². The number of methoxy groups -OCH3 is 1. The second-order valence-electron chi connectivity index (χ2n) is 14.7. The largest absolute Gasteiger partial charge is 0.491 e. The summed E-state index contributed by atoms with van der Waals surface area (Å²) in [5, 5.41) is 3.79. The summed E-state index contributed by atoms with van der Waals surface area (Å²) in [7, 11) is 2.94. The second kappa shape index (κ2) is 20.2. The van der Waals surface area contributed by atoms with Crippen LogP contribution in [0.2, 0.25) is 0 Å². The third-order valence-corrected chi connectivity index (χ3v) is 8.99. The number of hydrogen-bond donors (Lipinski definition) is 0. The number of benzene rings is 2. The number of halogens is 4. The van der Waals surface area contributed by atoms with Crippen LogP contribution in [0.5, 0.6) is 11.5 Å². The first-order valence-electron chi connectivity index (χ1n) is 19.2. The standard InChI is InChI=1S/C41H49F4N5O10/c1-7-50-23-31(37(47-50)41(43,44)45)29-19-27(22-49-11-10-48(5)38(49)46-39(53)60-40(2,3)4)20-30-35(52)28(24-59-36(29)30)18-26-8-9-32(42)33(21-26)58-17-16-56-13-12-55-14-15-57-25-34(51)54-6/h8-11,19-21,23,28H,7,12-18,22,24-25H2,1-6H3/b46-38-. The third-order valence-electron chi connectivity index (χ3n) is 8.99. The Morgan fingerprint density at radius 1 is 0.933 bits per heavy atom. The van der Waals surface area contributed by atoms with Gasteiger partial charge in [-0.3, -0.25) is 9.48 Å². The maximum atomic E-state index is 14.8. The number of imidazole rings is 1. The van der Waals surface area contributed by atoms with Crippen molar-refractivity contribution in [1.29, 1.82) is 0 Å². The molecular formula is C41H49F4N5O10. The van der Waals surface area contributed by atoms with Crippen molar-refractivity contribution < 1.29 is 65.1 Å². The summed E-state index contributed by atoms with van der Waals surface area (Å²) in [4.78, 5) is 42.1. The summed E-state index contributed by atoms with van der Waals surface area (Å²) in [6.07, 6.45) is -0.975. The fourth-order valence-corrected chi connectivity index (χ4v) is 6.22. The molecule has 5 rings (SSSR count). The van der Waals surface area contributed by atoms with Gasteiger partial charge < -0.3 is 42.3 Å². The molecule has 2 aromatic carbocycles. The molecule has 0 bridgehead atoms. The number of Topliss-reactive ketones (excluding diaryl/α,β-unsaturated/α-hetero) is 1. The van der Waals surface area contributed by atoms with Gasteiger partial charge in [-0.25, -0.2) is 14.0 Å². The molecule has 0 N–H and O–H groups in total. The zero-order valence-corrected chi connectivity index (χ0v) is 34.3. The molecule has 0 aliphatic carbocycles. The lowest BCUT2D eigenvalue weighted by Gasteiger charge is -2.27. The molecule has 1 aliphatic heterocycles. The molecule has 4 aromatic rings. The fourth-order valence-electron chi connectivity index (χ4n) is 6.22. The van der Waals surface area contributed by atoms with Gasteiger partial charge in [0, 0.05) is 43.3 Å². The molecule has 0 spiro atoms. The molecular weight excluding hydrogens is 798 g/mol. The van der Waals surface area contributed by atoms with E-state index in [2.05, 4.69) is 14.8 Å². The van der Waals surface area contributed by atoms with E-state index in [9.17, 15) is 31.9 Å². The molecule has 15 nitrogen and oxygen atoms in total. The number of nitrogens with zero attached hydrogens (tertiary/aromatic N) is 5. The molecule has 0 fully saturated rings. The first kappa shape index (κ1) is 45.6. The number of hydrogen-bond acceptors (Lipinski definition) is 11. The maximum absolute atomic E-state index is 14.8. The number of aryl methyl sites for hydroxylation is 2. The highest BCUT2D eigenvalue weighted by Crippen LogP contribution is 2.44. The van der Waals surface area contributed by atoms with Crippen LogP contribution in [0.15, 0.2) is 53.9 Å². The van der Waals surface area contributed by atoms with E-state index < -0.39 is 41.3 Å². The van der Waals surface area contributed by atoms with Gasteiger partial charge in [-0.2, -0.15) is 18.3 Å². The summed E-state index contributed by atoms with van der Waals surface area (Å²) in [5.74, 6) is -2.34. The van der Waals surface area contributed by atoms with Crippen LogP contribution in [-0.2, 0) is 61.2 Å². The van der Waals surface area contributed by atoms with Gasteiger partial charge in [0.25, 0.3) is 0 Å². The Bertz CT molecular complexity index is 2210. The SMILES string of the molecule is CCn1cc(-c2cc(Cn3ccn(C)/c3=N/C(=O)OC(C)(C)C)cc3c2OCC(Cc2ccc(F)c(OCCOCCOCCOCC(=O)OC)c2)C3=O)c(C(F)(F)F)n1. The number of amides is 1. The molecule has 19 heteroatoms. The maximum Gasteiger partial charge on any atom is 0.437 e. The fraction of sp³-hybridized carbons (Fsp3) is 0.488. The predicted molar refractivity (Wildman–Crippen MR) is 206 cm³/mol. The number of esters is 1. The van der Waals surface area contributed by atoms with Crippen LogP contribution in [0, 0.1) is 11.7 Å². The molecule has 0 radical (unpaired) electrons. The number of carbonyl (C=O) groups excluding carboxylic acids is 3. The van der Waals surface area contributed by atoms with E-state index in [1.165, 1.54) is 42.3 Å². The number of ketones is 1. The van der Waals surface area contributed by atoms with E-state index in [1.807, 2.05) is 0 Å². The highest BCUT2D eigenvalue weighted by Gasteiger charge is 2.40. The van der Waals surface area contributed by atoms with Crippen LogP contribution in [0.3, 0.4) is 0 Å². The van der Waals surface area contributed by atoms with E-state index >= 15 is 0 Å². The quantitative estimate of drug-likeness (QED) is 0.0679. The lowest BCUT2D eigenvalue weighted by Crippen LogP contribution is -2.31. The van der Waals surface area contributed by atoms with Crippen molar-refractivity contribution in [2.24, 2.45) is 18.0 Å². The van der Waals surface area contributed by atoms with Gasteiger partial charge >= 0.3 is 18.2 Å². The first-order valence-corrected chi connectivity index (χ1v) is 19.2. The molecule has 60 heavy (non-hydrogen) atoms. The second-order valence-corrected chi connectivity index (χ2v) is 14.7. The minimum Gasteiger partial charge on any atom is -0.491 e. The topological polar surface area (TPSA) is 156 Å². The van der Waals surface area contributed by atoms with Crippen molar-refractivity contribution in [2.45, 2.75) is 59.0 Å². The Hall–Kier alpha value is -5.53. The Morgan fingerprint density at radius 2 is 1.62 bits per heavy atom. The van der Waals surface area contributed by atoms with Crippen molar-refractivity contribution in [1.82, 2.24) is 18.9 Å². The summed E-state index contributed by atoms with van der Waals surface area (Å²) < 4.78 is 99.9. The van der Waals surface area contributed by atoms with Gasteiger partial charge in [0.2, 0.25) is 5.62 Å². The molecule has 0 saturated carbocycles. The average molecular weight is 848 g/mol. The Balaban J connectivity index is 1.34. The van der Waals surface area contributed by atoms with Crippen molar-refractivity contribution in [3.63, 3.8) is 0 Å². The molecule has 326 valence electrons. The minimum absolute atomic E-state index is 0.00676. The highest BCUT2D eigenvalue weighted by atomic mass is 19.4. The molecule has 3 heterocycles. The minimum atomic E-state index is -4.82. The van der Waals surface area contributed by atoms with Gasteiger partial charge in [0.05, 0.1) is 64.8 Å². The van der Waals surface area contributed by atoms with Crippen LogP contribution in [-0.4, -0.2) is 102 Å². The van der Waals surface area contributed by atoms with Gasteiger partial charge in [-0.15, -0.1) is 4.99 Å². The Kier molecular flexibility index (Phi) is 15.3. The average Bonchev–Trinajstić information content (AvgIpc) is 3.78. The van der Waals surface area contributed by atoms with Gasteiger partial charge in [0.15, 0.2) is 23.0 Å². The Morgan fingerprint density at radius 3 is 2.28 bits per heavy atom. The lowest BCUT2D eigenvalue weighted by atomic mass is 9.86. The molecule has 1 unspecified atom stereocenters. The number of alkyl halides is 3. The Labute approximate surface area is 343 Å². The van der Waals surface area contributed by atoms with Crippen LogP contribution in [0.1, 0.15) is 54.9 Å². The number of aromatic nitrogens is 4. The molecule has 1 amide bonds. The van der Waals surface area contributed by atoms with Crippen LogP contribution in [0.25, 0.3) is 11.1 Å². The smallest absolute Gasteiger partial charge is 0.437 e. The van der Waals surface area contributed by atoms with Crippen LogP contribution in [0.4, 0.5) is 22.4 Å². The molecule has 2 aromatic heterocycles. The summed E-state index contributed by atoms with van der Waals surface area (Å²) >= 11 is 0. The molecule has 1 aliphatic rings. The van der Waals surface area contributed by atoms with Crippen molar-refractivity contribution in [3.05, 3.63) is 82.7 Å². The lowest BCUT2D eigenvalue weighted by molar-refractivity contribution is -0.146. The van der Waals surface area contributed by atoms with E-state index in [0.717, 1.165) is 0 Å². The zero-order valence-electron chi connectivity index (χ0n) is 34.3. The third kappa shape index (κ3) is 12.3. The number of carbonyl (C=O) groups is 3. The number of ether oxygens (including phenoxy) is 7. The summed E-state index contributed by atoms with van der Waals surface area (Å²) in [6.45, 7) is 7.72. The van der Waals surface area contributed by atoms with Crippen molar-refractivity contribution in [3.8, 4) is 22.6 Å². The van der Waals surface area contributed by atoms with Gasteiger partial charge in [0.1, 0.15) is 24.6 Å². The summed E-state index contributed by atoms with van der Waals surface area (Å²) in [6, 6.07) is 7.30. The van der Waals surface area contributed by atoms with E-state index in [-0.39, 0.29) is 112 Å². The molecule has 1 atom stereocenters. The monoisotopic (exact) mass is 847 g/mol. The first-order chi connectivity index (χ1) is 28.5. The molecule has 0 saturated heterocycles. The van der Waals surface area contributed by atoms with Crippen LogP contribution < -0.4 is 15.1 Å². The number of rotatable bonds is 18. The predicted octanol–water partition coefficient (Wildman–Crippen LogP) is 5.79.